The van der Waals surface area contributed by atoms with E-state index in [1.807, 2.05) is 0 Å². The Bertz CT molecular complexity index is 296. The van der Waals surface area contributed by atoms with E-state index in [1.165, 1.54) is 0 Å². The van der Waals surface area contributed by atoms with Gasteiger partial charge in [-0.15, -0.1) is 6.58 Å². The first kappa shape index (κ1) is 8.62. The van der Waals surface area contributed by atoms with Gasteiger partial charge < -0.3 is 5.73 Å². The number of carbonyl (C=O) groups excluding carboxylic acids is 1. The fourth-order valence-corrected chi connectivity index (χ4v) is 0.841. The summed E-state index contributed by atoms with van der Waals surface area (Å²) in [5.41, 5.74) is 6.68. The van der Waals surface area contributed by atoms with Crippen LogP contribution >= 0.6 is 0 Å². The molecule has 0 unspecified atom stereocenters. The van der Waals surface area contributed by atoms with Gasteiger partial charge in [-0.2, -0.15) is 0 Å². The molecule has 0 radical (unpaired) electrons. The van der Waals surface area contributed by atoms with Crippen LogP contribution in [-0.2, 0) is 0 Å². The van der Waals surface area contributed by atoms with Gasteiger partial charge in [-0.25, -0.2) is 4.98 Å². The van der Waals surface area contributed by atoms with Crippen molar-refractivity contribution in [3.63, 3.8) is 0 Å². The third-order valence-corrected chi connectivity index (χ3v) is 1.51. The van der Waals surface area contributed by atoms with Crippen LogP contribution in [0.5, 0.6) is 0 Å². The average Bonchev–Trinajstić information content (AvgIpc) is 2.17. The van der Waals surface area contributed by atoms with Gasteiger partial charge in [0.15, 0.2) is 6.29 Å². The predicted octanol–water partition coefficient (Wildman–Crippen LogP) is 1.08. The standard InChI is InChI=1S/C9H10N2O/c1-2-8(10)9-5-3-4-7(6-12)11-9/h2-6,8H,1,10H2/t8-/m1/s1. The van der Waals surface area contributed by atoms with Gasteiger partial charge in [0.05, 0.1) is 11.7 Å². The number of hydrogen-bond acceptors (Lipinski definition) is 3. The van der Waals surface area contributed by atoms with E-state index in [0.717, 1.165) is 0 Å². The first-order valence-corrected chi connectivity index (χ1v) is 3.58. The zero-order valence-electron chi connectivity index (χ0n) is 6.60. The van der Waals surface area contributed by atoms with E-state index in [2.05, 4.69) is 11.6 Å². The third-order valence-electron chi connectivity index (χ3n) is 1.51. The number of aromatic nitrogens is 1. The number of nitrogens with zero attached hydrogens (tertiary/aromatic N) is 1. The van der Waals surface area contributed by atoms with Gasteiger partial charge in [0.25, 0.3) is 0 Å². The quantitative estimate of drug-likeness (QED) is 0.534. The van der Waals surface area contributed by atoms with Crippen molar-refractivity contribution in [2.75, 3.05) is 0 Å². The maximum atomic E-state index is 10.3. The Labute approximate surface area is 70.9 Å². The molecule has 1 heterocycles. The molecule has 0 spiro atoms. The predicted molar refractivity (Wildman–Crippen MR) is 46.7 cm³/mol. The minimum atomic E-state index is -0.301. The Balaban J connectivity index is 3.00. The Morgan fingerprint density at radius 3 is 2.92 bits per heavy atom. The van der Waals surface area contributed by atoms with Crippen molar-refractivity contribution in [2.45, 2.75) is 6.04 Å². The topological polar surface area (TPSA) is 56.0 Å². The second-order valence-corrected chi connectivity index (χ2v) is 2.37. The molecule has 0 amide bonds. The number of aldehydes is 1. The minimum absolute atomic E-state index is 0.301. The Kier molecular flexibility index (Phi) is 2.71. The number of rotatable bonds is 3. The summed E-state index contributed by atoms with van der Waals surface area (Å²) in [6, 6.07) is 4.84. The van der Waals surface area contributed by atoms with Gasteiger partial charge in [-0.3, -0.25) is 4.79 Å². The molecule has 1 aromatic heterocycles. The van der Waals surface area contributed by atoms with Crippen molar-refractivity contribution in [2.24, 2.45) is 5.73 Å². The summed E-state index contributed by atoms with van der Waals surface area (Å²) in [4.78, 5) is 14.3. The van der Waals surface area contributed by atoms with Crippen LogP contribution in [0.2, 0.25) is 0 Å². The lowest BCUT2D eigenvalue weighted by Crippen LogP contribution is -2.09. The van der Waals surface area contributed by atoms with Crippen LogP contribution in [0.3, 0.4) is 0 Å². The molecule has 62 valence electrons. The van der Waals surface area contributed by atoms with Gasteiger partial charge in [-0.1, -0.05) is 12.1 Å². The summed E-state index contributed by atoms with van der Waals surface area (Å²) in [6.07, 6.45) is 2.27. The molecule has 1 atom stereocenters. The molecule has 2 N–H and O–H groups in total. The number of nitrogens with two attached hydrogens (primary N) is 1. The van der Waals surface area contributed by atoms with Gasteiger partial charge in [0.2, 0.25) is 0 Å². The molecule has 1 rings (SSSR count). The fourth-order valence-electron chi connectivity index (χ4n) is 0.841. The monoisotopic (exact) mass is 162 g/mol. The summed E-state index contributed by atoms with van der Waals surface area (Å²) in [7, 11) is 0. The normalized spacial score (nSPS) is 12.1. The molecule has 0 fully saturated rings. The fraction of sp³-hybridized carbons (Fsp3) is 0.111. The summed E-state index contributed by atoms with van der Waals surface area (Å²) in [5, 5.41) is 0. The van der Waals surface area contributed by atoms with Gasteiger partial charge in [-0.05, 0) is 12.1 Å². The van der Waals surface area contributed by atoms with Crippen LogP contribution < -0.4 is 5.73 Å². The molecule has 0 bridgehead atoms. The Hall–Kier alpha value is -1.48. The van der Waals surface area contributed by atoms with E-state index in [9.17, 15) is 4.79 Å². The minimum Gasteiger partial charge on any atom is -0.319 e. The van der Waals surface area contributed by atoms with Crippen molar-refractivity contribution in [1.29, 1.82) is 0 Å². The Morgan fingerprint density at radius 2 is 2.33 bits per heavy atom. The van der Waals surface area contributed by atoms with E-state index in [1.54, 1.807) is 24.3 Å². The highest BCUT2D eigenvalue weighted by Gasteiger charge is 2.02. The Morgan fingerprint density at radius 1 is 1.58 bits per heavy atom. The zero-order valence-corrected chi connectivity index (χ0v) is 6.60. The number of carbonyl (C=O) groups is 1. The smallest absolute Gasteiger partial charge is 0.168 e. The summed E-state index contributed by atoms with van der Waals surface area (Å²) in [5.74, 6) is 0. The molecule has 3 nitrogen and oxygen atoms in total. The van der Waals surface area contributed by atoms with Crippen LogP contribution in [0.15, 0.2) is 30.9 Å². The summed E-state index contributed by atoms with van der Waals surface area (Å²) in [6.45, 7) is 3.54. The lowest BCUT2D eigenvalue weighted by Gasteiger charge is -2.04. The number of pyridine rings is 1. The summed E-state index contributed by atoms with van der Waals surface area (Å²) < 4.78 is 0. The molecule has 0 aromatic carbocycles. The van der Waals surface area contributed by atoms with Crippen LogP contribution in [0.4, 0.5) is 0 Å². The highest BCUT2D eigenvalue weighted by molar-refractivity contribution is 5.71. The highest BCUT2D eigenvalue weighted by atomic mass is 16.1. The van der Waals surface area contributed by atoms with Crippen LogP contribution in [0.1, 0.15) is 22.2 Å². The van der Waals surface area contributed by atoms with E-state index in [0.29, 0.717) is 17.7 Å². The van der Waals surface area contributed by atoms with Crippen molar-refractivity contribution in [3.05, 3.63) is 42.2 Å². The van der Waals surface area contributed by atoms with Crippen molar-refractivity contribution in [1.82, 2.24) is 4.98 Å². The van der Waals surface area contributed by atoms with Crippen molar-refractivity contribution >= 4 is 6.29 Å². The second kappa shape index (κ2) is 3.78. The molecule has 3 heteroatoms. The van der Waals surface area contributed by atoms with E-state index in [4.69, 9.17) is 5.73 Å². The maximum absolute atomic E-state index is 10.3. The van der Waals surface area contributed by atoms with Crippen LogP contribution in [-0.4, -0.2) is 11.3 Å². The van der Waals surface area contributed by atoms with Crippen molar-refractivity contribution in [3.8, 4) is 0 Å². The molecular formula is C9H10N2O. The molecule has 0 aliphatic carbocycles. The first-order chi connectivity index (χ1) is 5.77. The van der Waals surface area contributed by atoms with Gasteiger partial charge in [0, 0.05) is 0 Å². The second-order valence-electron chi connectivity index (χ2n) is 2.37. The molecule has 0 saturated heterocycles. The molecule has 1 aromatic rings. The number of hydrogen-bond donors (Lipinski definition) is 1. The molecule has 0 saturated carbocycles. The van der Waals surface area contributed by atoms with E-state index >= 15 is 0 Å². The van der Waals surface area contributed by atoms with E-state index < -0.39 is 0 Å². The van der Waals surface area contributed by atoms with Crippen LogP contribution in [0, 0.1) is 0 Å². The third kappa shape index (κ3) is 1.77. The maximum Gasteiger partial charge on any atom is 0.168 e. The molecule has 0 aliphatic heterocycles. The summed E-state index contributed by atoms with van der Waals surface area (Å²) >= 11 is 0. The molecule has 12 heavy (non-hydrogen) atoms. The van der Waals surface area contributed by atoms with Gasteiger partial charge >= 0.3 is 0 Å². The lowest BCUT2D eigenvalue weighted by molar-refractivity contribution is 0.111. The highest BCUT2D eigenvalue weighted by Crippen LogP contribution is 2.07. The molecule has 0 aliphatic rings. The van der Waals surface area contributed by atoms with Crippen LogP contribution in [0.25, 0.3) is 0 Å². The van der Waals surface area contributed by atoms with Gasteiger partial charge in [0.1, 0.15) is 5.69 Å². The first-order valence-electron chi connectivity index (χ1n) is 3.58. The zero-order chi connectivity index (χ0) is 8.97. The largest absolute Gasteiger partial charge is 0.319 e. The lowest BCUT2D eigenvalue weighted by atomic mass is 10.2. The molecular weight excluding hydrogens is 152 g/mol. The SMILES string of the molecule is C=C[C@@H](N)c1cccc(C=O)n1. The van der Waals surface area contributed by atoms with E-state index in [-0.39, 0.29) is 6.04 Å². The van der Waals surface area contributed by atoms with Crippen molar-refractivity contribution < 1.29 is 4.79 Å². The average molecular weight is 162 g/mol.